The fourth-order valence-electron chi connectivity index (χ4n) is 3.47. The van der Waals surface area contributed by atoms with Crippen LogP contribution in [0.25, 0.3) is 10.2 Å². The number of anilines is 1. The first-order valence-electron chi connectivity index (χ1n) is 10.7. The van der Waals surface area contributed by atoms with E-state index in [1.54, 1.807) is 23.1 Å². The molecule has 0 saturated carbocycles. The van der Waals surface area contributed by atoms with Crippen molar-refractivity contribution in [3.63, 3.8) is 0 Å². The molecular weight excluding hydrogens is 420 g/mol. The zero-order valence-electron chi connectivity index (χ0n) is 18.5. The van der Waals surface area contributed by atoms with E-state index in [1.165, 1.54) is 16.9 Å². The van der Waals surface area contributed by atoms with E-state index in [4.69, 9.17) is 14.5 Å². The highest BCUT2D eigenvalue weighted by Gasteiger charge is 2.23. The van der Waals surface area contributed by atoms with Crippen LogP contribution in [0.2, 0.25) is 0 Å². The van der Waals surface area contributed by atoms with Crippen LogP contribution in [0.1, 0.15) is 35.3 Å². The quantitative estimate of drug-likeness (QED) is 0.321. The summed E-state index contributed by atoms with van der Waals surface area (Å²) in [5.41, 5.74) is 3.63. The van der Waals surface area contributed by atoms with E-state index in [0.29, 0.717) is 42.0 Å². The van der Waals surface area contributed by atoms with E-state index < -0.39 is 0 Å². The molecule has 1 amide bonds. The lowest BCUT2D eigenvalue weighted by Gasteiger charge is -2.21. The van der Waals surface area contributed by atoms with Crippen molar-refractivity contribution in [1.82, 2.24) is 4.98 Å². The van der Waals surface area contributed by atoms with Crippen molar-refractivity contribution < 1.29 is 14.3 Å². The molecule has 0 fully saturated rings. The van der Waals surface area contributed by atoms with E-state index in [0.717, 1.165) is 15.8 Å². The zero-order chi connectivity index (χ0) is 22.5. The largest absolute Gasteiger partial charge is 0.490 e. The third-order valence-electron chi connectivity index (χ3n) is 4.98. The molecular formula is C26H26N2O3S. The van der Waals surface area contributed by atoms with Gasteiger partial charge in [0.15, 0.2) is 16.6 Å². The van der Waals surface area contributed by atoms with Crippen molar-refractivity contribution >= 4 is 32.6 Å². The van der Waals surface area contributed by atoms with E-state index >= 15 is 0 Å². The molecule has 5 nitrogen and oxygen atoms in total. The molecule has 1 aromatic heterocycles. The lowest BCUT2D eigenvalue weighted by Crippen LogP contribution is -2.30. The predicted octanol–water partition coefficient (Wildman–Crippen LogP) is 6.25. The van der Waals surface area contributed by atoms with Crippen LogP contribution in [0.3, 0.4) is 0 Å². The van der Waals surface area contributed by atoms with Crippen LogP contribution in [0.4, 0.5) is 5.13 Å². The monoisotopic (exact) mass is 446 g/mol. The Hall–Kier alpha value is -3.38. The molecule has 0 aliphatic rings. The fourth-order valence-corrected chi connectivity index (χ4v) is 4.53. The smallest absolute Gasteiger partial charge is 0.260 e. The fraction of sp³-hybridized carbons (Fsp3) is 0.231. The van der Waals surface area contributed by atoms with Crippen molar-refractivity contribution in [3.05, 3.63) is 83.4 Å². The molecule has 0 bridgehead atoms. The molecule has 0 unspecified atom stereocenters. The second kappa shape index (κ2) is 9.83. The second-order valence-electron chi connectivity index (χ2n) is 7.37. The molecule has 4 aromatic rings. The number of hydrogen-bond acceptors (Lipinski definition) is 5. The van der Waals surface area contributed by atoms with Gasteiger partial charge in [-0.1, -0.05) is 47.7 Å². The van der Waals surface area contributed by atoms with Crippen molar-refractivity contribution in [3.8, 4) is 11.5 Å². The van der Waals surface area contributed by atoms with Gasteiger partial charge in [-0.2, -0.15) is 0 Å². The number of ether oxygens (including phenoxy) is 2. The summed E-state index contributed by atoms with van der Waals surface area (Å²) in [6.07, 6.45) is 0. The van der Waals surface area contributed by atoms with E-state index in [2.05, 4.69) is 13.0 Å². The molecule has 0 aliphatic carbocycles. The average molecular weight is 447 g/mol. The number of aromatic nitrogens is 1. The summed E-state index contributed by atoms with van der Waals surface area (Å²) in [7, 11) is 0. The van der Waals surface area contributed by atoms with Gasteiger partial charge in [0.2, 0.25) is 0 Å². The maximum atomic E-state index is 13.7. The van der Waals surface area contributed by atoms with Gasteiger partial charge in [0, 0.05) is 5.56 Å². The Bertz CT molecular complexity index is 1220. The van der Waals surface area contributed by atoms with Gasteiger partial charge < -0.3 is 9.47 Å². The zero-order valence-corrected chi connectivity index (χ0v) is 19.3. The molecule has 0 spiro atoms. The molecule has 4 rings (SSSR count). The minimum atomic E-state index is -0.131. The summed E-state index contributed by atoms with van der Waals surface area (Å²) in [5, 5.41) is 0.672. The Morgan fingerprint density at radius 1 is 0.938 bits per heavy atom. The van der Waals surface area contributed by atoms with Gasteiger partial charge in [-0.15, -0.1) is 0 Å². The number of aryl methyl sites for hydroxylation is 1. The molecule has 0 N–H and O–H groups in total. The van der Waals surface area contributed by atoms with Crippen LogP contribution in [0, 0.1) is 6.92 Å². The third-order valence-corrected chi connectivity index (χ3v) is 6.02. The minimum Gasteiger partial charge on any atom is -0.490 e. The number of thiazole rings is 1. The van der Waals surface area contributed by atoms with Crippen LogP contribution in [-0.4, -0.2) is 24.1 Å². The SMILES string of the molecule is CCOc1ccc(C(=O)N(Cc2ccccc2)c2nc3ccc(C)cc3s2)cc1OCC. The van der Waals surface area contributed by atoms with Crippen LogP contribution in [0.5, 0.6) is 11.5 Å². The van der Waals surface area contributed by atoms with E-state index in [-0.39, 0.29) is 5.91 Å². The minimum absolute atomic E-state index is 0.131. The number of carbonyl (C=O) groups is 1. The van der Waals surface area contributed by atoms with Gasteiger partial charge in [0.25, 0.3) is 5.91 Å². The second-order valence-corrected chi connectivity index (χ2v) is 8.38. The van der Waals surface area contributed by atoms with Gasteiger partial charge in [-0.05, 0) is 62.2 Å². The number of rotatable bonds is 8. The van der Waals surface area contributed by atoms with Gasteiger partial charge in [-0.3, -0.25) is 9.69 Å². The van der Waals surface area contributed by atoms with Crippen LogP contribution < -0.4 is 14.4 Å². The molecule has 0 aliphatic heterocycles. The number of benzene rings is 3. The first-order chi connectivity index (χ1) is 15.6. The number of nitrogens with zero attached hydrogens (tertiary/aromatic N) is 2. The van der Waals surface area contributed by atoms with Crippen molar-refractivity contribution in [2.24, 2.45) is 0 Å². The Morgan fingerprint density at radius 2 is 1.69 bits per heavy atom. The number of amides is 1. The summed E-state index contributed by atoms with van der Waals surface area (Å²) >= 11 is 1.53. The van der Waals surface area contributed by atoms with Crippen molar-refractivity contribution in [2.75, 3.05) is 18.1 Å². The highest BCUT2D eigenvalue weighted by atomic mass is 32.1. The van der Waals surface area contributed by atoms with Gasteiger partial charge >= 0.3 is 0 Å². The van der Waals surface area contributed by atoms with Gasteiger partial charge in [-0.25, -0.2) is 4.98 Å². The summed E-state index contributed by atoms with van der Waals surface area (Å²) in [5.74, 6) is 1.07. The molecule has 1 heterocycles. The molecule has 0 radical (unpaired) electrons. The standard InChI is InChI=1S/C26H26N2O3S/c1-4-30-22-14-12-20(16-23(22)31-5-2)25(29)28(17-19-9-7-6-8-10-19)26-27-21-13-11-18(3)15-24(21)32-26/h6-16H,4-5,17H2,1-3H3. The maximum absolute atomic E-state index is 13.7. The summed E-state index contributed by atoms with van der Waals surface area (Å²) in [6, 6.07) is 21.4. The van der Waals surface area contributed by atoms with Crippen LogP contribution >= 0.6 is 11.3 Å². The Labute approximate surface area is 192 Å². The van der Waals surface area contributed by atoms with Gasteiger partial charge in [0.1, 0.15) is 0 Å². The van der Waals surface area contributed by atoms with Gasteiger partial charge in [0.05, 0.1) is 30.0 Å². The number of fused-ring (bicyclic) bond motifs is 1. The summed E-state index contributed by atoms with van der Waals surface area (Å²) < 4.78 is 12.5. The Balaban J connectivity index is 1.75. The van der Waals surface area contributed by atoms with E-state index in [1.807, 2.05) is 56.3 Å². The van der Waals surface area contributed by atoms with Crippen LogP contribution in [-0.2, 0) is 6.54 Å². The topological polar surface area (TPSA) is 51.7 Å². The number of carbonyl (C=O) groups excluding carboxylic acids is 1. The molecule has 164 valence electrons. The first kappa shape index (κ1) is 21.8. The Morgan fingerprint density at radius 3 is 2.44 bits per heavy atom. The highest BCUT2D eigenvalue weighted by Crippen LogP contribution is 2.33. The predicted molar refractivity (Wildman–Crippen MR) is 130 cm³/mol. The highest BCUT2D eigenvalue weighted by molar-refractivity contribution is 7.22. The molecule has 0 saturated heterocycles. The third kappa shape index (κ3) is 4.75. The normalized spacial score (nSPS) is 10.8. The van der Waals surface area contributed by atoms with Crippen molar-refractivity contribution in [2.45, 2.75) is 27.3 Å². The summed E-state index contributed by atoms with van der Waals surface area (Å²) in [6.45, 7) is 7.33. The van der Waals surface area contributed by atoms with Crippen molar-refractivity contribution in [1.29, 1.82) is 0 Å². The average Bonchev–Trinajstić information content (AvgIpc) is 3.22. The molecule has 6 heteroatoms. The number of hydrogen-bond donors (Lipinski definition) is 0. The summed E-state index contributed by atoms with van der Waals surface area (Å²) in [4.78, 5) is 20.2. The first-order valence-corrected chi connectivity index (χ1v) is 11.5. The Kier molecular flexibility index (Phi) is 6.71. The maximum Gasteiger partial charge on any atom is 0.260 e. The van der Waals surface area contributed by atoms with Crippen LogP contribution in [0.15, 0.2) is 66.7 Å². The molecule has 3 aromatic carbocycles. The van der Waals surface area contributed by atoms with E-state index in [9.17, 15) is 4.79 Å². The molecule has 32 heavy (non-hydrogen) atoms. The lowest BCUT2D eigenvalue weighted by atomic mass is 10.1. The molecule has 0 atom stereocenters. The lowest BCUT2D eigenvalue weighted by molar-refractivity contribution is 0.0984.